The lowest BCUT2D eigenvalue weighted by atomic mass is 10.2. The van der Waals surface area contributed by atoms with Crippen molar-refractivity contribution in [2.75, 3.05) is 5.32 Å². The van der Waals surface area contributed by atoms with Crippen LogP contribution in [0.1, 0.15) is 28.2 Å². The van der Waals surface area contributed by atoms with Gasteiger partial charge in [-0.3, -0.25) is 9.59 Å². The molecule has 0 aliphatic carbocycles. The third-order valence-electron chi connectivity index (χ3n) is 6.94. The van der Waals surface area contributed by atoms with Crippen molar-refractivity contribution in [2.45, 2.75) is 31.5 Å². The lowest BCUT2D eigenvalue weighted by Gasteiger charge is -2.22. The van der Waals surface area contributed by atoms with Crippen molar-refractivity contribution in [2.24, 2.45) is 5.10 Å². The molecule has 0 fully saturated rings. The van der Waals surface area contributed by atoms with E-state index in [0.29, 0.717) is 39.4 Å². The topological polar surface area (TPSA) is 130 Å². The molecule has 48 heavy (non-hydrogen) atoms. The van der Waals surface area contributed by atoms with E-state index in [1.165, 1.54) is 10.5 Å². The molecule has 5 aromatic rings. The number of hydrogen-bond donors (Lipinski definition) is 2. The Bertz CT molecular complexity index is 2020. The molecule has 10 nitrogen and oxygen atoms in total. The summed E-state index contributed by atoms with van der Waals surface area (Å²) in [5, 5.41) is 6.94. The zero-order valence-corrected chi connectivity index (χ0v) is 27.9. The Hall–Kier alpha value is -4.94. The maximum absolute atomic E-state index is 13.7. The monoisotopic (exact) mass is 704 g/mol. The second-order valence-electron chi connectivity index (χ2n) is 10.6. The third kappa shape index (κ3) is 9.33. The van der Waals surface area contributed by atoms with Gasteiger partial charge in [0.1, 0.15) is 23.9 Å². The van der Waals surface area contributed by atoms with Gasteiger partial charge < -0.3 is 14.5 Å². The number of furan rings is 1. The van der Waals surface area contributed by atoms with Crippen LogP contribution in [0, 0.1) is 6.92 Å². The van der Waals surface area contributed by atoms with E-state index in [0.717, 1.165) is 11.1 Å². The highest BCUT2D eigenvalue weighted by Crippen LogP contribution is 2.27. The van der Waals surface area contributed by atoms with Crippen LogP contribution in [0.3, 0.4) is 0 Å². The lowest BCUT2D eigenvalue weighted by molar-refractivity contribution is -0.136. The molecule has 246 valence electrons. The first-order valence-electron chi connectivity index (χ1n) is 14.6. The molecular formula is C35H30Cl2N4O6S. The molecule has 0 atom stereocenters. The number of carbonyl (C=O) groups excluding carboxylic acids is 2. The Kier molecular flexibility index (Phi) is 11.3. The van der Waals surface area contributed by atoms with Crippen molar-refractivity contribution in [3.05, 3.63) is 147 Å². The van der Waals surface area contributed by atoms with E-state index in [4.69, 9.17) is 32.4 Å². The Morgan fingerprint density at radius 3 is 2.27 bits per heavy atom. The SMILES string of the molecule is Cc1ccc(S(=O)(=O)N(Cc2ccc(Cl)c(Cl)c2)Cc2ccc(/C=N/NC(=O)C(=O)Nc3ccc(OCc4ccccc4)cc3)o2)cc1. The zero-order valence-electron chi connectivity index (χ0n) is 25.6. The van der Waals surface area contributed by atoms with Crippen LogP contribution in [0.15, 0.2) is 124 Å². The van der Waals surface area contributed by atoms with E-state index in [9.17, 15) is 18.0 Å². The predicted molar refractivity (Wildman–Crippen MR) is 184 cm³/mol. The van der Waals surface area contributed by atoms with Gasteiger partial charge in [0, 0.05) is 12.2 Å². The molecule has 4 aromatic carbocycles. The summed E-state index contributed by atoms with van der Waals surface area (Å²) in [6, 6.07) is 30.9. The van der Waals surface area contributed by atoms with Gasteiger partial charge in [0.2, 0.25) is 10.0 Å². The summed E-state index contributed by atoms with van der Waals surface area (Å²) in [5.74, 6) is -0.788. The number of rotatable bonds is 12. The first-order chi connectivity index (χ1) is 23.1. The number of nitrogens with one attached hydrogen (secondary N) is 2. The first-order valence-corrected chi connectivity index (χ1v) is 16.8. The minimum atomic E-state index is -3.95. The van der Waals surface area contributed by atoms with Crippen LogP contribution in [-0.4, -0.2) is 30.8 Å². The number of carbonyl (C=O) groups is 2. The molecule has 2 N–H and O–H groups in total. The van der Waals surface area contributed by atoms with E-state index in [1.54, 1.807) is 78.9 Å². The van der Waals surface area contributed by atoms with Gasteiger partial charge in [-0.15, -0.1) is 0 Å². The van der Waals surface area contributed by atoms with E-state index >= 15 is 0 Å². The second kappa shape index (κ2) is 15.8. The van der Waals surface area contributed by atoms with Crippen LogP contribution in [0.5, 0.6) is 5.75 Å². The molecule has 1 heterocycles. The molecule has 0 unspecified atom stereocenters. The van der Waals surface area contributed by atoms with Crippen molar-refractivity contribution in [1.82, 2.24) is 9.73 Å². The van der Waals surface area contributed by atoms with Crippen LogP contribution >= 0.6 is 23.2 Å². The summed E-state index contributed by atoms with van der Waals surface area (Å²) in [6.07, 6.45) is 1.20. The molecule has 0 bridgehead atoms. The molecule has 5 rings (SSSR count). The molecule has 13 heteroatoms. The summed E-state index contributed by atoms with van der Waals surface area (Å²) >= 11 is 12.2. The molecule has 0 aliphatic heterocycles. The number of benzene rings is 4. The molecular weight excluding hydrogens is 675 g/mol. The fourth-order valence-electron chi connectivity index (χ4n) is 4.42. The van der Waals surface area contributed by atoms with Gasteiger partial charge in [-0.2, -0.15) is 9.41 Å². The van der Waals surface area contributed by atoms with Gasteiger partial charge in [0.15, 0.2) is 0 Å². The zero-order chi connectivity index (χ0) is 34.1. The van der Waals surface area contributed by atoms with E-state index in [-0.39, 0.29) is 23.7 Å². The second-order valence-corrected chi connectivity index (χ2v) is 13.3. The predicted octanol–water partition coefficient (Wildman–Crippen LogP) is 6.95. The summed E-state index contributed by atoms with van der Waals surface area (Å²) in [4.78, 5) is 24.8. The minimum Gasteiger partial charge on any atom is -0.489 e. The summed E-state index contributed by atoms with van der Waals surface area (Å²) in [6.45, 7) is 2.14. The Morgan fingerprint density at radius 1 is 0.833 bits per heavy atom. The van der Waals surface area contributed by atoms with Crippen LogP contribution < -0.4 is 15.5 Å². The Balaban J connectivity index is 1.18. The van der Waals surface area contributed by atoms with Crippen LogP contribution in [0.2, 0.25) is 10.0 Å². The summed E-state index contributed by atoms with van der Waals surface area (Å²) < 4.78 is 40.1. The number of hydrogen-bond acceptors (Lipinski definition) is 7. The molecule has 0 aliphatic rings. The largest absolute Gasteiger partial charge is 0.489 e. The van der Waals surface area contributed by atoms with Crippen molar-refractivity contribution in [3.63, 3.8) is 0 Å². The standard InChI is InChI=1S/C35H30Cl2N4O6S/c1-24-7-16-31(17-8-24)48(44,45)41(21-26-9-18-32(36)33(37)19-26)22-30-15-14-29(47-30)20-38-40-35(43)34(42)39-27-10-12-28(13-11-27)46-23-25-5-3-2-4-6-25/h2-20H,21-23H2,1H3,(H,39,42)(H,40,43)/b38-20+. The van der Waals surface area contributed by atoms with Crippen molar-refractivity contribution in [1.29, 1.82) is 0 Å². The number of amides is 2. The Labute approximate surface area is 288 Å². The smallest absolute Gasteiger partial charge is 0.329 e. The van der Waals surface area contributed by atoms with Gasteiger partial charge in [-0.1, -0.05) is 77.3 Å². The molecule has 1 aromatic heterocycles. The maximum atomic E-state index is 13.7. The van der Waals surface area contributed by atoms with E-state index in [2.05, 4.69) is 15.8 Å². The number of nitrogens with zero attached hydrogens (tertiary/aromatic N) is 2. The van der Waals surface area contributed by atoms with Gasteiger partial charge in [-0.25, -0.2) is 13.8 Å². The molecule has 0 radical (unpaired) electrons. The fourth-order valence-corrected chi connectivity index (χ4v) is 6.13. The highest BCUT2D eigenvalue weighted by molar-refractivity contribution is 7.89. The summed E-state index contributed by atoms with van der Waals surface area (Å²) in [5.41, 5.74) is 5.11. The van der Waals surface area contributed by atoms with Crippen LogP contribution in [0.4, 0.5) is 5.69 Å². The minimum absolute atomic E-state index is 0.00811. The number of ether oxygens (including phenoxy) is 1. The van der Waals surface area contributed by atoms with Crippen molar-refractivity contribution < 1.29 is 27.2 Å². The number of hydrazone groups is 1. The van der Waals surface area contributed by atoms with Gasteiger partial charge in [0.05, 0.1) is 27.7 Å². The number of aryl methyl sites for hydroxylation is 1. The summed E-state index contributed by atoms with van der Waals surface area (Å²) in [7, 11) is -3.95. The highest BCUT2D eigenvalue weighted by Gasteiger charge is 2.26. The van der Waals surface area contributed by atoms with E-state index < -0.39 is 21.8 Å². The average Bonchev–Trinajstić information content (AvgIpc) is 3.53. The highest BCUT2D eigenvalue weighted by atomic mass is 35.5. The fraction of sp³-hybridized carbons (Fsp3) is 0.114. The quantitative estimate of drug-likeness (QED) is 0.0821. The third-order valence-corrected chi connectivity index (χ3v) is 9.49. The van der Waals surface area contributed by atoms with Crippen LogP contribution in [-0.2, 0) is 39.3 Å². The average molecular weight is 706 g/mol. The number of halogens is 2. The van der Waals surface area contributed by atoms with E-state index in [1.807, 2.05) is 37.3 Å². The maximum Gasteiger partial charge on any atom is 0.329 e. The normalized spacial score (nSPS) is 11.5. The first kappa shape index (κ1) is 34.4. The molecule has 0 saturated heterocycles. The number of sulfonamides is 1. The molecule has 2 amide bonds. The van der Waals surface area contributed by atoms with Gasteiger partial charge in [-0.05, 0) is 78.7 Å². The molecule has 0 spiro atoms. The van der Waals surface area contributed by atoms with Crippen molar-refractivity contribution in [3.8, 4) is 5.75 Å². The van der Waals surface area contributed by atoms with Gasteiger partial charge in [0.25, 0.3) is 0 Å². The Morgan fingerprint density at radius 2 is 1.56 bits per heavy atom. The molecule has 0 saturated carbocycles. The van der Waals surface area contributed by atoms with Crippen LogP contribution in [0.25, 0.3) is 0 Å². The number of anilines is 1. The lowest BCUT2D eigenvalue weighted by Crippen LogP contribution is -2.32. The van der Waals surface area contributed by atoms with Gasteiger partial charge >= 0.3 is 11.8 Å². The van der Waals surface area contributed by atoms with Crippen molar-refractivity contribution >= 4 is 56.9 Å².